The van der Waals surface area contributed by atoms with Crippen molar-refractivity contribution in [1.82, 2.24) is 10.4 Å². The maximum Gasteiger partial charge on any atom is 0.240 e. The third-order valence-electron chi connectivity index (χ3n) is 10.2. The molecule has 1 amide bonds. The van der Waals surface area contributed by atoms with Gasteiger partial charge in [0.05, 0.1) is 19.3 Å². The molecule has 4 fully saturated rings. The van der Waals surface area contributed by atoms with Crippen LogP contribution in [0.15, 0.2) is 54.6 Å². The average molecular weight is 537 g/mol. The van der Waals surface area contributed by atoms with Gasteiger partial charge in [0, 0.05) is 12.0 Å². The SMILES string of the molecule is C[C@@H]1[C@@H](NC(=O)[C@@H]2[C@H](CO)[C@H]([C@H](C)O)ON2Cc2cccc(C(C)(O)c3ccccc3)c2)C[C@H]2C[C@@H]1C2(C)C. The molecule has 0 spiro atoms. The molecule has 9 atom stereocenters. The number of nitrogens with one attached hydrogen (secondary N) is 1. The number of hydrogen-bond acceptors (Lipinski definition) is 6. The molecule has 7 nitrogen and oxygen atoms in total. The minimum Gasteiger partial charge on any atom is -0.396 e. The molecule has 2 aromatic carbocycles. The van der Waals surface area contributed by atoms with Crippen LogP contribution in [0.2, 0.25) is 0 Å². The first-order valence-corrected chi connectivity index (χ1v) is 14.3. The second kappa shape index (κ2) is 10.6. The predicted octanol–water partition coefficient (Wildman–Crippen LogP) is 3.60. The maximum absolute atomic E-state index is 13.8. The second-order valence-electron chi connectivity index (χ2n) is 12.9. The summed E-state index contributed by atoms with van der Waals surface area (Å²) in [5.74, 6) is 0.850. The number of benzene rings is 2. The Morgan fingerprint density at radius 1 is 1.15 bits per heavy atom. The lowest BCUT2D eigenvalue weighted by molar-refractivity contribution is -0.193. The van der Waals surface area contributed by atoms with Crippen LogP contribution in [0.3, 0.4) is 0 Å². The van der Waals surface area contributed by atoms with Crippen molar-refractivity contribution in [2.24, 2.45) is 29.1 Å². The fourth-order valence-corrected chi connectivity index (χ4v) is 7.49. The van der Waals surface area contributed by atoms with Gasteiger partial charge in [0.2, 0.25) is 5.91 Å². The predicted molar refractivity (Wildman–Crippen MR) is 149 cm³/mol. The van der Waals surface area contributed by atoms with E-state index in [1.807, 2.05) is 54.6 Å². The normalized spacial score (nSPS) is 34.1. The van der Waals surface area contributed by atoms with Gasteiger partial charge in [0.1, 0.15) is 17.7 Å². The molecular formula is C32H44N2O5. The number of aliphatic hydroxyl groups is 3. The Labute approximate surface area is 232 Å². The Balaban J connectivity index is 1.37. The van der Waals surface area contributed by atoms with Gasteiger partial charge in [-0.2, -0.15) is 5.06 Å². The number of amides is 1. The summed E-state index contributed by atoms with van der Waals surface area (Å²) in [5, 5.41) is 37.1. The van der Waals surface area contributed by atoms with Gasteiger partial charge in [-0.1, -0.05) is 75.4 Å². The van der Waals surface area contributed by atoms with Gasteiger partial charge < -0.3 is 20.6 Å². The van der Waals surface area contributed by atoms with Crippen LogP contribution >= 0.6 is 0 Å². The fraction of sp³-hybridized carbons (Fsp3) is 0.594. The van der Waals surface area contributed by atoms with Crippen molar-refractivity contribution < 1.29 is 25.0 Å². The van der Waals surface area contributed by atoms with Crippen molar-refractivity contribution in [1.29, 1.82) is 0 Å². The van der Waals surface area contributed by atoms with E-state index in [1.54, 1.807) is 18.9 Å². The van der Waals surface area contributed by atoms with E-state index < -0.39 is 29.8 Å². The Bertz CT molecular complexity index is 1170. The number of carbonyl (C=O) groups excluding carboxylic acids is 1. The molecule has 3 saturated carbocycles. The zero-order valence-corrected chi connectivity index (χ0v) is 23.7. The highest BCUT2D eigenvalue weighted by atomic mass is 16.7. The van der Waals surface area contributed by atoms with Gasteiger partial charge >= 0.3 is 0 Å². The Morgan fingerprint density at radius 2 is 1.85 bits per heavy atom. The van der Waals surface area contributed by atoms with E-state index in [0.717, 1.165) is 23.1 Å². The molecule has 0 radical (unpaired) electrons. The van der Waals surface area contributed by atoms with Crippen LogP contribution in [-0.2, 0) is 21.8 Å². The molecule has 0 aromatic heterocycles. The number of hydroxylamine groups is 2. The molecule has 1 aliphatic heterocycles. The summed E-state index contributed by atoms with van der Waals surface area (Å²) in [6.45, 7) is 10.3. The zero-order valence-electron chi connectivity index (χ0n) is 23.7. The van der Waals surface area contributed by atoms with E-state index in [4.69, 9.17) is 4.84 Å². The summed E-state index contributed by atoms with van der Waals surface area (Å²) in [7, 11) is 0. The minimum absolute atomic E-state index is 0.0883. The van der Waals surface area contributed by atoms with Crippen LogP contribution in [0.25, 0.3) is 0 Å². The molecule has 212 valence electrons. The Hall–Kier alpha value is -2.29. The van der Waals surface area contributed by atoms with Crippen LogP contribution < -0.4 is 5.32 Å². The molecule has 2 aromatic rings. The van der Waals surface area contributed by atoms with Gasteiger partial charge in [0.25, 0.3) is 0 Å². The minimum atomic E-state index is -1.19. The highest BCUT2D eigenvalue weighted by molar-refractivity contribution is 5.82. The van der Waals surface area contributed by atoms with Crippen LogP contribution in [-0.4, -0.2) is 57.2 Å². The van der Waals surface area contributed by atoms with Crippen molar-refractivity contribution in [2.45, 2.75) is 83.9 Å². The first kappa shape index (κ1) is 28.2. The van der Waals surface area contributed by atoms with Gasteiger partial charge in [0.15, 0.2) is 0 Å². The molecule has 3 aliphatic carbocycles. The number of rotatable bonds is 8. The van der Waals surface area contributed by atoms with E-state index in [1.165, 1.54) is 6.42 Å². The van der Waals surface area contributed by atoms with Gasteiger partial charge in [-0.25, -0.2) is 0 Å². The topological polar surface area (TPSA) is 102 Å². The molecule has 4 N–H and O–H groups in total. The highest BCUT2D eigenvalue weighted by Gasteiger charge is 2.57. The van der Waals surface area contributed by atoms with E-state index in [2.05, 4.69) is 26.1 Å². The van der Waals surface area contributed by atoms with Crippen molar-refractivity contribution in [3.05, 3.63) is 71.3 Å². The smallest absolute Gasteiger partial charge is 0.240 e. The standard InChI is InChI=1S/C32H44N2O5/c1-19-26-15-24(31(26,3)4)16-27(19)33-30(37)28-25(18-35)29(20(2)36)39-34(28)17-21-10-9-13-23(14-21)32(5,38)22-11-7-6-8-12-22/h6-14,19-20,24-29,35-36,38H,15-18H2,1-5H3,(H,33,37)/t19-,20-,24+,25-,26-,27-,28-,29-,32?/m0/s1. The monoisotopic (exact) mass is 536 g/mol. The van der Waals surface area contributed by atoms with Crippen molar-refractivity contribution in [3.8, 4) is 0 Å². The van der Waals surface area contributed by atoms with Gasteiger partial charge in [-0.15, -0.1) is 0 Å². The summed E-state index contributed by atoms with van der Waals surface area (Å²) in [4.78, 5) is 20.0. The molecule has 1 heterocycles. The lowest BCUT2D eigenvalue weighted by Gasteiger charge is -2.62. The Morgan fingerprint density at radius 3 is 2.46 bits per heavy atom. The van der Waals surface area contributed by atoms with Crippen molar-refractivity contribution in [3.63, 3.8) is 0 Å². The first-order chi connectivity index (χ1) is 18.4. The summed E-state index contributed by atoms with van der Waals surface area (Å²) in [6.07, 6.45) is 0.641. The molecule has 7 heteroatoms. The molecule has 2 bridgehead atoms. The third-order valence-corrected chi connectivity index (χ3v) is 10.2. The highest BCUT2D eigenvalue weighted by Crippen LogP contribution is 2.61. The quantitative estimate of drug-likeness (QED) is 0.411. The lowest BCUT2D eigenvalue weighted by Crippen LogP contribution is -2.62. The second-order valence-corrected chi connectivity index (χ2v) is 12.9. The molecule has 1 unspecified atom stereocenters. The molecule has 39 heavy (non-hydrogen) atoms. The molecule has 4 aliphatic rings. The van der Waals surface area contributed by atoms with Gasteiger partial charge in [-0.3, -0.25) is 9.63 Å². The average Bonchev–Trinajstić information content (AvgIpc) is 3.28. The van der Waals surface area contributed by atoms with Crippen LogP contribution in [0.4, 0.5) is 0 Å². The van der Waals surface area contributed by atoms with E-state index in [-0.39, 0.29) is 25.1 Å². The molecule has 1 saturated heterocycles. The molecular weight excluding hydrogens is 492 g/mol. The van der Waals surface area contributed by atoms with Gasteiger partial charge in [-0.05, 0) is 66.5 Å². The number of nitrogens with zero attached hydrogens (tertiary/aromatic N) is 1. The van der Waals surface area contributed by atoms with Crippen LogP contribution in [0.5, 0.6) is 0 Å². The van der Waals surface area contributed by atoms with Crippen LogP contribution in [0.1, 0.15) is 64.2 Å². The maximum atomic E-state index is 13.8. The van der Waals surface area contributed by atoms with Crippen molar-refractivity contribution in [2.75, 3.05) is 6.61 Å². The Kier molecular flexibility index (Phi) is 7.68. The van der Waals surface area contributed by atoms with E-state index >= 15 is 0 Å². The fourth-order valence-electron chi connectivity index (χ4n) is 7.49. The number of aliphatic hydroxyl groups excluding tert-OH is 2. The number of carbonyl (C=O) groups is 1. The van der Waals surface area contributed by atoms with Crippen LogP contribution in [0, 0.1) is 29.1 Å². The number of hydrogen-bond donors (Lipinski definition) is 4. The third kappa shape index (κ3) is 5.04. The summed E-state index contributed by atoms with van der Waals surface area (Å²) >= 11 is 0. The lowest BCUT2D eigenvalue weighted by atomic mass is 9.45. The zero-order chi connectivity index (χ0) is 28.1. The summed E-state index contributed by atoms with van der Waals surface area (Å²) < 4.78 is 0. The van der Waals surface area contributed by atoms with E-state index in [9.17, 15) is 20.1 Å². The summed E-state index contributed by atoms with van der Waals surface area (Å²) in [5.41, 5.74) is 1.50. The summed E-state index contributed by atoms with van der Waals surface area (Å²) in [6, 6.07) is 16.5. The van der Waals surface area contributed by atoms with E-state index in [0.29, 0.717) is 23.2 Å². The molecule has 6 rings (SSSR count). The largest absolute Gasteiger partial charge is 0.396 e. The van der Waals surface area contributed by atoms with Crippen molar-refractivity contribution >= 4 is 5.91 Å². The first-order valence-electron chi connectivity index (χ1n) is 14.3. The number of fused-ring (bicyclic) bond motifs is 2.